The molecule has 1 heterocycles. The van der Waals surface area contributed by atoms with Crippen LogP contribution < -0.4 is 4.74 Å². The Balaban J connectivity index is 0.000000198. The molecule has 35 heavy (non-hydrogen) atoms. The lowest BCUT2D eigenvalue weighted by Crippen LogP contribution is -1.95. The third-order valence-corrected chi connectivity index (χ3v) is 5.80. The fraction of sp³-hybridized carbons (Fsp3) is 0.0741. The van der Waals surface area contributed by atoms with Crippen LogP contribution in [-0.4, -0.2) is 40.6 Å². The summed E-state index contributed by atoms with van der Waals surface area (Å²) in [4.78, 5) is 26.0. The Morgan fingerprint density at radius 2 is 1.57 bits per heavy atom. The van der Waals surface area contributed by atoms with E-state index < -0.39 is 11.9 Å². The molecule has 0 aliphatic carbocycles. The zero-order chi connectivity index (χ0) is 25.4. The van der Waals surface area contributed by atoms with Crippen molar-refractivity contribution in [2.24, 2.45) is 4.99 Å². The van der Waals surface area contributed by atoms with Crippen molar-refractivity contribution in [1.82, 2.24) is 0 Å². The van der Waals surface area contributed by atoms with Gasteiger partial charge in [-0.3, -0.25) is 4.99 Å². The maximum atomic E-state index is 10.7. The van der Waals surface area contributed by atoms with Crippen LogP contribution in [0.2, 0.25) is 0 Å². The van der Waals surface area contributed by atoms with Gasteiger partial charge in [0.25, 0.3) is 0 Å². The fourth-order valence-electron chi connectivity index (χ4n) is 2.97. The summed E-state index contributed by atoms with van der Waals surface area (Å²) in [7, 11) is 1.61. The molecule has 0 amide bonds. The topological polar surface area (TPSA) is 116 Å². The summed E-state index contributed by atoms with van der Waals surface area (Å²) in [5.74, 6) is -1.54. The highest BCUT2D eigenvalue weighted by atomic mass is 32.1. The number of hydrogen-bond donors (Lipinski definition) is 3. The van der Waals surface area contributed by atoms with E-state index in [2.05, 4.69) is 4.99 Å². The number of benzene rings is 3. The number of aryl methyl sites for hydroxylation is 1. The number of carbonyl (C=O) groups is 2. The molecule has 1 aromatic heterocycles. The van der Waals surface area contributed by atoms with Crippen molar-refractivity contribution in [2.45, 2.75) is 6.92 Å². The van der Waals surface area contributed by atoms with Gasteiger partial charge in [-0.05, 0) is 59.3 Å². The van der Waals surface area contributed by atoms with Gasteiger partial charge in [-0.2, -0.15) is 0 Å². The molecule has 178 valence electrons. The highest BCUT2D eigenvalue weighted by molar-refractivity contribution is 7.12. The second-order valence-corrected chi connectivity index (χ2v) is 8.32. The minimum absolute atomic E-state index is 0.130. The van der Waals surface area contributed by atoms with Crippen LogP contribution >= 0.6 is 11.3 Å². The lowest BCUT2D eigenvalue weighted by molar-refractivity contribution is 0.0686. The third kappa shape index (κ3) is 7.02. The minimum Gasteiger partial charge on any atom is -0.507 e. The highest BCUT2D eigenvalue weighted by Crippen LogP contribution is 2.27. The highest BCUT2D eigenvalue weighted by Gasteiger charge is 2.09. The van der Waals surface area contributed by atoms with E-state index in [9.17, 15) is 14.7 Å². The van der Waals surface area contributed by atoms with Crippen LogP contribution in [0.25, 0.3) is 11.1 Å². The number of aromatic hydroxyl groups is 1. The van der Waals surface area contributed by atoms with Crippen LogP contribution in [0, 0.1) is 6.92 Å². The summed E-state index contributed by atoms with van der Waals surface area (Å²) in [6.07, 6.45) is 1.66. The first-order chi connectivity index (χ1) is 16.8. The van der Waals surface area contributed by atoms with Gasteiger partial charge in [0.1, 0.15) is 21.9 Å². The maximum Gasteiger partial charge on any atom is 0.345 e. The van der Waals surface area contributed by atoms with E-state index in [0.29, 0.717) is 10.6 Å². The number of carboxylic acids is 2. The first kappa shape index (κ1) is 25.2. The number of ether oxygens (including phenoxy) is 1. The summed E-state index contributed by atoms with van der Waals surface area (Å²) < 4.78 is 5.06. The van der Waals surface area contributed by atoms with Crippen molar-refractivity contribution >= 4 is 35.2 Å². The summed E-state index contributed by atoms with van der Waals surface area (Å²) in [6, 6.07) is 21.2. The number of methoxy groups -OCH3 is 1. The molecule has 0 radical (unpaired) electrons. The Morgan fingerprint density at radius 3 is 2.11 bits per heavy atom. The Bertz CT molecular complexity index is 1340. The maximum absolute atomic E-state index is 10.7. The first-order valence-electron chi connectivity index (χ1n) is 10.4. The molecule has 0 aliphatic rings. The number of carboxylic acid groups (broad SMARTS) is 2. The molecule has 0 saturated heterocycles. The molecule has 4 rings (SSSR count). The van der Waals surface area contributed by atoms with Crippen molar-refractivity contribution in [3.63, 3.8) is 0 Å². The van der Waals surface area contributed by atoms with Gasteiger partial charge in [0, 0.05) is 12.3 Å². The molecule has 0 bridgehead atoms. The molecule has 0 aliphatic heterocycles. The van der Waals surface area contributed by atoms with Crippen LogP contribution in [0.3, 0.4) is 0 Å². The summed E-state index contributed by atoms with van der Waals surface area (Å²) in [5.41, 5.74) is 4.39. The zero-order valence-electron chi connectivity index (χ0n) is 19.0. The standard InChI is InChI=1S/C15H13NO3.C12H10O3S/c1-10-2-4-11(5-3-10)9-16-12-6-7-13(15(18)19)14(17)8-12;1-15-10-4-2-8(3-5-10)9-6-11(12(13)14)16-7-9/h2-9,17H,1H3,(H,18,19);2-7H,1H3,(H,13,14)/b16-9+;. The predicted molar refractivity (Wildman–Crippen MR) is 137 cm³/mol. The molecule has 0 unspecified atom stereocenters. The molecule has 3 N–H and O–H groups in total. The summed E-state index contributed by atoms with van der Waals surface area (Å²) in [5, 5.41) is 29.0. The fourth-order valence-corrected chi connectivity index (χ4v) is 3.72. The Kier molecular flexibility index (Phi) is 8.37. The van der Waals surface area contributed by atoms with Crippen LogP contribution in [-0.2, 0) is 0 Å². The average Bonchev–Trinajstić information content (AvgIpc) is 3.35. The van der Waals surface area contributed by atoms with Crippen molar-refractivity contribution in [3.8, 4) is 22.6 Å². The normalized spacial score (nSPS) is 10.5. The molecule has 0 atom stereocenters. The van der Waals surface area contributed by atoms with Crippen LogP contribution in [0.5, 0.6) is 11.5 Å². The molecule has 8 heteroatoms. The second kappa shape index (κ2) is 11.6. The van der Waals surface area contributed by atoms with E-state index >= 15 is 0 Å². The average molecular weight is 490 g/mol. The molecular weight excluding hydrogens is 466 g/mol. The number of hydrogen-bond acceptors (Lipinski definition) is 6. The Labute approximate surface area is 206 Å². The quantitative estimate of drug-likeness (QED) is 0.275. The largest absolute Gasteiger partial charge is 0.507 e. The Hall–Kier alpha value is -4.43. The lowest BCUT2D eigenvalue weighted by Gasteiger charge is -2.00. The second-order valence-electron chi connectivity index (χ2n) is 7.41. The molecule has 0 fully saturated rings. The van der Waals surface area contributed by atoms with E-state index in [0.717, 1.165) is 22.4 Å². The summed E-state index contributed by atoms with van der Waals surface area (Å²) >= 11 is 1.23. The van der Waals surface area contributed by atoms with Gasteiger partial charge in [0.15, 0.2) is 0 Å². The van der Waals surface area contributed by atoms with E-state index in [-0.39, 0.29) is 11.3 Å². The van der Waals surface area contributed by atoms with Crippen LogP contribution in [0.15, 0.2) is 83.2 Å². The van der Waals surface area contributed by atoms with E-state index in [1.807, 2.05) is 60.8 Å². The molecular formula is C27H23NO6S. The number of phenols is 1. The first-order valence-corrected chi connectivity index (χ1v) is 11.3. The number of aliphatic imine (C=N–C) groups is 1. The zero-order valence-corrected chi connectivity index (χ0v) is 19.8. The van der Waals surface area contributed by atoms with E-state index in [4.69, 9.17) is 14.9 Å². The Morgan fingerprint density at radius 1 is 0.886 bits per heavy atom. The lowest BCUT2D eigenvalue weighted by atomic mass is 10.1. The van der Waals surface area contributed by atoms with Crippen molar-refractivity contribution < 1.29 is 29.6 Å². The molecule has 0 spiro atoms. The van der Waals surface area contributed by atoms with E-state index in [1.54, 1.807) is 25.5 Å². The summed E-state index contributed by atoms with van der Waals surface area (Å²) in [6.45, 7) is 2.00. The van der Waals surface area contributed by atoms with Gasteiger partial charge in [-0.15, -0.1) is 11.3 Å². The van der Waals surface area contributed by atoms with Gasteiger partial charge < -0.3 is 20.1 Å². The number of rotatable bonds is 6. The molecule has 0 saturated carbocycles. The molecule has 3 aromatic carbocycles. The predicted octanol–water partition coefficient (Wildman–Crippen LogP) is 6.27. The van der Waals surface area contributed by atoms with Gasteiger partial charge in [0.2, 0.25) is 0 Å². The number of aromatic carboxylic acids is 2. The van der Waals surface area contributed by atoms with Gasteiger partial charge in [-0.25, -0.2) is 9.59 Å². The molecule has 7 nitrogen and oxygen atoms in total. The smallest absolute Gasteiger partial charge is 0.345 e. The van der Waals surface area contributed by atoms with Crippen LogP contribution in [0.1, 0.15) is 31.2 Å². The van der Waals surface area contributed by atoms with Crippen LogP contribution in [0.4, 0.5) is 5.69 Å². The third-order valence-electron chi connectivity index (χ3n) is 4.89. The van der Waals surface area contributed by atoms with Gasteiger partial charge in [-0.1, -0.05) is 42.0 Å². The van der Waals surface area contributed by atoms with E-state index in [1.165, 1.54) is 29.0 Å². The minimum atomic E-state index is -1.16. The monoisotopic (exact) mass is 489 g/mol. The van der Waals surface area contributed by atoms with Crippen molar-refractivity contribution in [2.75, 3.05) is 7.11 Å². The van der Waals surface area contributed by atoms with Gasteiger partial charge >= 0.3 is 11.9 Å². The van der Waals surface area contributed by atoms with Crippen molar-refractivity contribution in [1.29, 1.82) is 0 Å². The number of nitrogens with zero attached hydrogens (tertiary/aromatic N) is 1. The SMILES string of the molecule is COc1ccc(-c2csc(C(=O)O)c2)cc1.Cc1ccc(/C=N/c2ccc(C(=O)O)c(O)c2)cc1. The number of thiophene rings is 1. The van der Waals surface area contributed by atoms with Gasteiger partial charge in [0.05, 0.1) is 12.8 Å². The van der Waals surface area contributed by atoms with Crippen molar-refractivity contribution in [3.05, 3.63) is 99.7 Å². The molecule has 4 aromatic rings.